The topological polar surface area (TPSA) is 49.4 Å². The second-order valence-electron chi connectivity index (χ2n) is 7.57. The van der Waals surface area contributed by atoms with Crippen LogP contribution < -0.4 is 5.32 Å². The van der Waals surface area contributed by atoms with Gasteiger partial charge in [0, 0.05) is 29.7 Å². The predicted octanol–water partition coefficient (Wildman–Crippen LogP) is 4.32. The highest BCUT2D eigenvalue weighted by atomic mass is 79.9. The molecule has 1 fully saturated rings. The summed E-state index contributed by atoms with van der Waals surface area (Å²) in [6.45, 7) is 5.64. The van der Waals surface area contributed by atoms with Crippen LogP contribution in [0.2, 0.25) is 0 Å². The Labute approximate surface area is 169 Å². The lowest BCUT2D eigenvalue weighted by Gasteiger charge is -2.39. The number of nitrogens with one attached hydrogen (secondary N) is 1. The minimum Gasteiger partial charge on any atom is -0.351 e. The standard InChI is InChI=1S/C22H25BrN2O2/c1-16-7-9-17(10-8-16)14-24-21(27)22(2)11-4-12-25(15-22)20(26)18-5-3-6-19(23)13-18/h3,5-10,13H,4,11-12,14-15H2,1-2H3,(H,24,27). The Morgan fingerprint density at radius 1 is 1.19 bits per heavy atom. The third-order valence-corrected chi connectivity index (χ3v) is 5.67. The molecule has 2 amide bonds. The maximum absolute atomic E-state index is 12.9. The largest absolute Gasteiger partial charge is 0.351 e. The van der Waals surface area contributed by atoms with E-state index in [9.17, 15) is 9.59 Å². The van der Waals surface area contributed by atoms with Gasteiger partial charge in [0.25, 0.3) is 5.91 Å². The highest BCUT2D eigenvalue weighted by Gasteiger charge is 2.39. The van der Waals surface area contributed by atoms with Crippen LogP contribution in [0.25, 0.3) is 0 Å². The minimum atomic E-state index is -0.565. The number of carbonyl (C=O) groups excluding carboxylic acids is 2. The van der Waals surface area contributed by atoms with Crippen LogP contribution in [0, 0.1) is 12.3 Å². The fraction of sp³-hybridized carbons (Fsp3) is 0.364. The number of nitrogens with zero attached hydrogens (tertiary/aromatic N) is 1. The van der Waals surface area contributed by atoms with Gasteiger partial charge >= 0.3 is 0 Å². The molecule has 1 aliphatic rings. The van der Waals surface area contributed by atoms with E-state index < -0.39 is 5.41 Å². The van der Waals surface area contributed by atoms with Gasteiger partial charge in [0.1, 0.15) is 0 Å². The number of halogens is 1. The van der Waals surface area contributed by atoms with Crippen molar-refractivity contribution in [1.29, 1.82) is 0 Å². The molecule has 2 aromatic carbocycles. The summed E-state index contributed by atoms with van der Waals surface area (Å²) in [4.78, 5) is 27.5. The Balaban J connectivity index is 1.65. The maximum atomic E-state index is 12.9. The molecule has 0 spiro atoms. The van der Waals surface area contributed by atoms with Crippen LogP contribution in [-0.4, -0.2) is 29.8 Å². The summed E-state index contributed by atoms with van der Waals surface area (Å²) in [5.41, 5.74) is 2.36. The average molecular weight is 429 g/mol. The van der Waals surface area contributed by atoms with Crippen LogP contribution in [0.1, 0.15) is 41.3 Å². The molecular formula is C22H25BrN2O2. The van der Waals surface area contributed by atoms with Gasteiger partial charge in [0.2, 0.25) is 5.91 Å². The molecular weight excluding hydrogens is 404 g/mol. The molecule has 1 saturated heterocycles. The third-order valence-electron chi connectivity index (χ3n) is 5.18. The van der Waals surface area contributed by atoms with Crippen molar-refractivity contribution >= 4 is 27.7 Å². The Hall–Kier alpha value is -2.14. The molecule has 0 aromatic heterocycles. The van der Waals surface area contributed by atoms with Crippen LogP contribution in [0.3, 0.4) is 0 Å². The van der Waals surface area contributed by atoms with Gasteiger partial charge in [-0.05, 0) is 50.5 Å². The van der Waals surface area contributed by atoms with Crippen molar-refractivity contribution in [3.63, 3.8) is 0 Å². The van der Waals surface area contributed by atoms with E-state index in [1.165, 1.54) is 5.56 Å². The van der Waals surface area contributed by atoms with Crippen LogP contribution >= 0.6 is 15.9 Å². The molecule has 3 rings (SSSR count). The highest BCUT2D eigenvalue weighted by Crippen LogP contribution is 2.31. The number of hydrogen-bond donors (Lipinski definition) is 1. The van der Waals surface area contributed by atoms with E-state index in [-0.39, 0.29) is 11.8 Å². The number of aryl methyl sites for hydroxylation is 1. The first kappa shape index (κ1) is 19.6. The fourth-order valence-corrected chi connectivity index (χ4v) is 3.90. The van der Waals surface area contributed by atoms with Gasteiger partial charge in [0.15, 0.2) is 0 Å². The Morgan fingerprint density at radius 3 is 2.63 bits per heavy atom. The highest BCUT2D eigenvalue weighted by molar-refractivity contribution is 9.10. The first-order chi connectivity index (χ1) is 12.9. The van der Waals surface area contributed by atoms with Gasteiger partial charge in [-0.3, -0.25) is 9.59 Å². The zero-order valence-corrected chi connectivity index (χ0v) is 17.4. The Bertz CT molecular complexity index is 834. The fourth-order valence-electron chi connectivity index (χ4n) is 3.50. The lowest BCUT2D eigenvalue weighted by atomic mass is 9.80. The molecule has 1 atom stereocenters. The van der Waals surface area contributed by atoms with Gasteiger partial charge in [-0.2, -0.15) is 0 Å². The summed E-state index contributed by atoms with van der Waals surface area (Å²) >= 11 is 3.41. The van der Waals surface area contributed by atoms with Crippen LogP contribution in [0.15, 0.2) is 53.0 Å². The summed E-state index contributed by atoms with van der Waals surface area (Å²) in [5.74, 6) is -0.0108. The summed E-state index contributed by atoms with van der Waals surface area (Å²) < 4.78 is 0.879. The monoisotopic (exact) mass is 428 g/mol. The zero-order chi connectivity index (χ0) is 19.4. The second kappa shape index (κ2) is 8.26. The normalized spacial score (nSPS) is 19.6. The molecule has 1 aliphatic heterocycles. The number of carbonyl (C=O) groups is 2. The van der Waals surface area contributed by atoms with E-state index in [1.807, 2.05) is 62.4 Å². The smallest absolute Gasteiger partial charge is 0.253 e. The van der Waals surface area contributed by atoms with Gasteiger partial charge in [0.05, 0.1) is 5.41 Å². The minimum absolute atomic E-state index is 0.00909. The molecule has 0 aliphatic carbocycles. The first-order valence-corrected chi connectivity index (χ1v) is 10.1. The summed E-state index contributed by atoms with van der Waals surface area (Å²) in [6, 6.07) is 15.5. The number of piperidine rings is 1. The van der Waals surface area contributed by atoms with E-state index in [0.717, 1.165) is 22.9 Å². The van der Waals surface area contributed by atoms with E-state index in [4.69, 9.17) is 0 Å². The van der Waals surface area contributed by atoms with Crippen LogP contribution in [0.4, 0.5) is 0 Å². The quantitative estimate of drug-likeness (QED) is 0.787. The van der Waals surface area contributed by atoms with E-state index in [2.05, 4.69) is 21.2 Å². The zero-order valence-electron chi connectivity index (χ0n) is 15.8. The van der Waals surface area contributed by atoms with Gasteiger partial charge in [-0.1, -0.05) is 51.8 Å². The molecule has 142 valence electrons. The number of likely N-dealkylation sites (tertiary alicyclic amines) is 1. The number of rotatable bonds is 4. The number of hydrogen-bond acceptors (Lipinski definition) is 2. The van der Waals surface area contributed by atoms with Crippen molar-refractivity contribution in [3.8, 4) is 0 Å². The maximum Gasteiger partial charge on any atom is 0.253 e. The average Bonchev–Trinajstić information content (AvgIpc) is 2.66. The molecule has 1 unspecified atom stereocenters. The molecule has 0 bridgehead atoms. The third kappa shape index (κ3) is 4.78. The summed E-state index contributed by atoms with van der Waals surface area (Å²) in [6.07, 6.45) is 1.61. The van der Waals surface area contributed by atoms with Crippen molar-refractivity contribution in [2.24, 2.45) is 5.41 Å². The summed E-state index contributed by atoms with van der Waals surface area (Å²) in [7, 11) is 0. The predicted molar refractivity (Wildman–Crippen MR) is 110 cm³/mol. The van der Waals surface area contributed by atoms with Gasteiger partial charge < -0.3 is 10.2 Å². The summed E-state index contributed by atoms with van der Waals surface area (Å²) in [5, 5.41) is 3.05. The van der Waals surface area contributed by atoms with E-state index in [0.29, 0.717) is 25.2 Å². The SMILES string of the molecule is Cc1ccc(CNC(=O)C2(C)CCCN(C(=O)c3cccc(Br)c3)C2)cc1. The lowest BCUT2D eigenvalue weighted by molar-refractivity contribution is -0.132. The van der Waals surface area contributed by atoms with Crippen molar-refractivity contribution in [2.75, 3.05) is 13.1 Å². The van der Waals surface area contributed by atoms with Crippen LogP contribution in [0.5, 0.6) is 0 Å². The molecule has 1 N–H and O–H groups in total. The van der Waals surface area contributed by atoms with Gasteiger partial charge in [-0.15, -0.1) is 0 Å². The van der Waals surface area contributed by atoms with Crippen molar-refractivity contribution < 1.29 is 9.59 Å². The Morgan fingerprint density at radius 2 is 1.93 bits per heavy atom. The van der Waals surface area contributed by atoms with E-state index >= 15 is 0 Å². The Kier molecular flexibility index (Phi) is 6.00. The molecule has 0 radical (unpaired) electrons. The van der Waals surface area contributed by atoms with Gasteiger partial charge in [-0.25, -0.2) is 0 Å². The molecule has 0 saturated carbocycles. The lowest BCUT2D eigenvalue weighted by Crippen LogP contribution is -2.51. The van der Waals surface area contributed by atoms with Crippen LogP contribution in [-0.2, 0) is 11.3 Å². The second-order valence-corrected chi connectivity index (χ2v) is 8.49. The molecule has 27 heavy (non-hydrogen) atoms. The van der Waals surface area contributed by atoms with E-state index in [1.54, 1.807) is 4.90 Å². The van der Waals surface area contributed by atoms with Crippen molar-refractivity contribution in [3.05, 3.63) is 69.7 Å². The van der Waals surface area contributed by atoms with Crippen molar-refractivity contribution in [2.45, 2.75) is 33.2 Å². The number of benzene rings is 2. The molecule has 5 heteroatoms. The van der Waals surface area contributed by atoms with Crippen molar-refractivity contribution in [1.82, 2.24) is 10.2 Å². The molecule has 2 aromatic rings. The number of amides is 2. The molecule has 4 nitrogen and oxygen atoms in total. The first-order valence-electron chi connectivity index (χ1n) is 9.26. The molecule has 1 heterocycles.